The summed E-state index contributed by atoms with van der Waals surface area (Å²) >= 11 is 0. The maximum atomic E-state index is 11.9. The first-order chi connectivity index (χ1) is 12.8. The summed E-state index contributed by atoms with van der Waals surface area (Å²) in [7, 11) is 0. The molecule has 146 valence electrons. The van der Waals surface area contributed by atoms with Crippen LogP contribution in [0.2, 0.25) is 0 Å². The minimum absolute atomic E-state index is 0.0387. The first-order valence-corrected chi connectivity index (χ1v) is 9.30. The second-order valence-electron chi connectivity index (χ2n) is 7.56. The van der Waals surface area contributed by atoms with Crippen molar-refractivity contribution in [3.8, 4) is 0 Å². The van der Waals surface area contributed by atoms with Gasteiger partial charge in [0.2, 0.25) is 0 Å². The number of aryl methyl sites for hydroxylation is 1. The van der Waals surface area contributed by atoms with Gasteiger partial charge in [-0.15, -0.1) is 0 Å². The van der Waals surface area contributed by atoms with Gasteiger partial charge in [-0.05, 0) is 31.7 Å². The van der Waals surface area contributed by atoms with Crippen molar-refractivity contribution >= 4 is 11.8 Å². The van der Waals surface area contributed by atoms with Crippen molar-refractivity contribution in [3.05, 3.63) is 53.6 Å². The van der Waals surface area contributed by atoms with Crippen LogP contribution in [0.4, 0.5) is 0 Å². The minimum atomic E-state index is -0.965. The number of benzene rings is 1. The summed E-state index contributed by atoms with van der Waals surface area (Å²) < 4.78 is 1.96. The number of imidazole rings is 1. The van der Waals surface area contributed by atoms with Gasteiger partial charge in [-0.3, -0.25) is 14.9 Å². The summed E-state index contributed by atoms with van der Waals surface area (Å²) in [6.45, 7) is 8.21. The van der Waals surface area contributed by atoms with Gasteiger partial charge in [-0.1, -0.05) is 43.7 Å². The van der Waals surface area contributed by atoms with Gasteiger partial charge in [-0.2, -0.15) is 0 Å². The van der Waals surface area contributed by atoms with Crippen molar-refractivity contribution < 1.29 is 14.7 Å². The van der Waals surface area contributed by atoms with Crippen LogP contribution in [-0.2, 0) is 22.6 Å². The number of aliphatic carboxylic acids is 1. The summed E-state index contributed by atoms with van der Waals surface area (Å²) in [6.07, 6.45) is 4.29. The number of carboxylic acids is 1. The highest BCUT2D eigenvalue weighted by molar-refractivity contribution is 5.82. The normalized spacial score (nSPS) is 13.5. The Morgan fingerprint density at radius 1 is 1.26 bits per heavy atom. The molecule has 0 aliphatic rings. The third-order valence-corrected chi connectivity index (χ3v) is 4.55. The largest absolute Gasteiger partial charge is 0.480 e. The van der Waals surface area contributed by atoms with Crippen molar-refractivity contribution in [1.82, 2.24) is 14.9 Å². The van der Waals surface area contributed by atoms with Gasteiger partial charge < -0.3 is 9.67 Å². The number of hydrogen-bond acceptors (Lipinski definition) is 4. The van der Waals surface area contributed by atoms with Crippen LogP contribution in [-0.4, -0.2) is 38.5 Å². The van der Waals surface area contributed by atoms with E-state index in [0.29, 0.717) is 18.9 Å². The van der Waals surface area contributed by atoms with E-state index in [1.54, 1.807) is 12.5 Å². The summed E-state index contributed by atoms with van der Waals surface area (Å²) in [5.74, 6) is -0.704. The molecule has 1 aromatic heterocycles. The molecule has 27 heavy (non-hydrogen) atoms. The van der Waals surface area contributed by atoms with E-state index in [4.69, 9.17) is 0 Å². The van der Waals surface area contributed by atoms with Crippen LogP contribution in [0, 0.1) is 12.8 Å². The standard InChI is InChI=1S/C21H29N3O3/c1-14(2)8-19(16(4)25)23-20(21(26)27)10-18-11-22-13-24(18)12-17-7-5-6-15(3)9-17/h5-7,9,11,13-14,19-20,23H,8,10,12H2,1-4H3,(H,26,27). The van der Waals surface area contributed by atoms with Crippen LogP contribution >= 0.6 is 0 Å². The Kier molecular flexibility index (Phi) is 7.30. The number of carbonyl (C=O) groups excluding carboxylic acids is 1. The number of ketones is 1. The fraction of sp³-hybridized carbons (Fsp3) is 0.476. The zero-order valence-corrected chi connectivity index (χ0v) is 16.5. The van der Waals surface area contributed by atoms with Gasteiger partial charge in [0.1, 0.15) is 11.8 Å². The van der Waals surface area contributed by atoms with Crippen LogP contribution in [0.25, 0.3) is 0 Å². The van der Waals surface area contributed by atoms with Crippen molar-refractivity contribution in [1.29, 1.82) is 0 Å². The van der Waals surface area contributed by atoms with Crippen LogP contribution < -0.4 is 5.32 Å². The lowest BCUT2D eigenvalue weighted by Gasteiger charge is -2.23. The molecule has 1 heterocycles. The third-order valence-electron chi connectivity index (χ3n) is 4.55. The first-order valence-electron chi connectivity index (χ1n) is 9.30. The van der Waals surface area contributed by atoms with Gasteiger partial charge >= 0.3 is 5.97 Å². The molecule has 0 radical (unpaired) electrons. The van der Waals surface area contributed by atoms with E-state index < -0.39 is 18.1 Å². The molecule has 0 saturated carbocycles. The highest BCUT2D eigenvalue weighted by Gasteiger charge is 2.26. The van der Waals surface area contributed by atoms with Crippen molar-refractivity contribution in [2.45, 2.75) is 59.2 Å². The van der Waals surface area contributed by atoms with Gasteiger partial charge in [0.25, 0.3) is 0 Å². The monoisotopic (exact) mass is 371 g/mol. The quantitative estimate of drug-likeness (QED) is 0.671. The van der Waals surface area contributed by atoms with E-state index in [1.165, 1.54) is 12.5 Å². The number of nitrogens with one attached hydrogen (secondary N) is 1. The molecule has 2 N–H and O–H groups in total. The van der Waals surface area contributed by atoms with E-state index in [9.17, 15) is 14.7 Å². The number of hydrogen-bond donors (Lipinski definition) is 2. The molecule has 0 amide bonds. The number of carbonyl (C=O) groups is 2. The average molecular weight is 371 g/mol. The molecule has 2 atom stereocenters. The number of aromatic nitrogens is 2. The highest BCUT2D eigenvalue weighted by Crippen LogP contribution is 2.12. The molecule has 2 aromatic rings. The molecule has 0 saturated heterocycles. The van der Waals surface area contributed by atoms with Crippen molar-refractivity contribution in [2.24, 2.45) is 5.92 Å². The average Bonchev–Trinajstić information content (AvgIpc) is 2.99. The lowest BCUT2D eigenvalue weighted by molar-refractivity contribution is -0.139. The summed E-state index contributed by atoms with van der Waals surface area (Å²) in [5.41, 5.74) is 3.14. The molecular formula is C21H29N3O3. The lowest BCUT2D eigenvalue weighted by Crippen LogP contribution is -2.48. The van der Waals surface area contributed by atoms with Gasteiger partial charge in [-0.25, -0.2) is 4.98 Å². The number of Topliss-reactive ketones (excluding diaryl/α,β-unsaturated/α-hetero) is 1. The van der Waals surface area contributed by atoms with Crippen LogP contribution in [0.5, 0.6) is 0 Å². The first kappa shape index (κ1) is 20.8. The van der Waals surface area contributed by atoms with Crippen molar-refractivity contribution in [3.63, 3.8) is 0 Å². The molecule has 0 bridgehead atoms. The highest BCUT2D eigenvalue weighted by atomic mass is 16.4. The predicted molar refractivity (Wildman–Crippen MR) is 105 cm³/mol. The smallest absolute Gasteiger partial charge is 0.321 e. The fourth-order valence-electron chi connectivity index (χ4n) is 3.16. The topological polar surface area (TPSA) is 84.2 Å². The molecule has 0 fully saturated rings. The molecule has 2 rings (SSSR count). The van der Waals surface area contributed by atoms with E-state index in [0.717, 1.165) is 11.3 Å². The Labute approximate surface area is 160 Å². The minimum Gasteiger partial charge on any atom is -0.480 e. The van der Waals surface area contributed by atoms with E-state index >= 15 is 0 Å². The maximum Gasteiger partial charge on any atom is 0.321 e. The van der Waals surface area contributed by atoms with E-state index in [1.807, 2.05) is 43.5 Å². The molecule has 6 nitrogen and oxygen atoms in total. The second-order valence-corrected chi connectivity index (χ2v) is 7.56. The molecule has 6 heteroatoms. The van der Waals surface area contributed by atoms with E-state index in [-0.39, 0.29) is 12.2 Å². The maximum absolute atomic E-state index is 11.9. The zero-order valence-electron chi connectivity index (χ0n) is 16.5. The Hall–Kier alpha value is -2.47. The Morgan fingerprint density at radius 2 is 2.00 bits per heavy atom. The Bertz CT molecular complexity index is 782. The SMILES string of the molecule is CC(=O)C(CC(C)C)NC(Cc1cncn1Cc1cccc(C)c1)C(=O)O. The summed E-state index contributed by atoms with van der Waals surface area (Å²) in [5, 5.41) is 12.7. The Balaban J connectivity index is 2.14. The number of rotatable bonds is 10. The third kappa shape index (κ3) is 6.32. The Morgan fingerprint density at radius 3 is 2.59 bits per heavy atom. The zero-order chi connectivity index (χ0) is 20.0. The summed E-state index contributed by atoms with van der Waals surface area (Å²) in [4.78, 5) is 27.9. The molecule has 0 spiro atoms. The van der Waals surface area contributed by atoms with Crippen LogP contribution in [0.15, 0.2) is 36.8 Å². The second kappa shape index (κ2) is 9.46. The predicted octanol–water partition coefficient (Wildman–Crippen LogP) is 2.83. The van der Waals surface area contributed by atoms with Gasteiger partial charge in [0.15, 0.2) is 0 Å². The van der Waals surface area contributed by atoms with E-state index in [2.05, 4.69) is 16.4 Å². The fourth-order valence-corrected chi connectivity index (χ4v) is 3.16. The summed E-state index contributed by atoms with van der Waals surface area (Å²) in [6, 6.07) is 6.89. The van der Waals surface area contributed by atoms with Crippen molar-refractivity contribution in [2.75, 3.05) is 0 Å². The molecule has 2 unspecified atom stereocenters. The van der Waals surface area contributed by atoms with Gasteiger partial charge in [0.05, 0.1) is 12.4 Å². The lowest BCUT2D eigenvalue weighted by atomic mass is 9.99. The molecular weight excluding hydrogens is 342 g/mol. The molecule has 0 aliphatic heterocycles. The number of nitrogens with zero attached hydrogens (tertiary/aromatic N) is 2. The van der Waals surface area contributed by atoms with Crippen LogP contribution in [0.1, 0.15) is 44.0 Å². The molecule has 1 aromatic carbocycles. The molecule has 0 aliphatic carbocycles. The van der Waals surface area contributed by atoms with Crippen LogP contribution in [0.3, 0.4) is 0 Å². The number of carboxylic acid groups (broad SMARTS) is 1. The van der Waals surface area contributed by atoms with Gasteiger partial charge in [0, 0.05) is 24.9 Å².